The second-order valence-corrected chi connectivity index (χ2v) is 7.65. The maximum absolute atomic E-state index is 13.1. The molecule has 2 aromatic rings. The zero-order chi connectivity index (χ0) is 22.3. The van der Waals surface area contributed by atoms with Gasteiger partial charge in [-0.2, -0.15) is 0 Å². The van der Waals surface area contributed by atoms with Crippen LogP contribution < -0.4 is 20.4 Å². The number of urea groups is 1. The first-order valence-electron chi connectivity index (χ1n) is 10.8. The van der Waals surface area contributed by atoms with Gasteiger partial charge in [-0.3, -0.25) is 10.2 Å². The van der Waals surface area contributed by atoms with Gasteiger partial charge >= 0.3 is 12.1 Å². The lowest BCUT2D eigenvalue weighted by Crippen LogP contribution is -2.39. The first-order valence-corrected chi connectivity index (χ1v) is 10.8. The number of nitrogens with one attached hydrogen (secondary N) is 2. The highest BCUT2D eigenvalue weighted by molar-refractivity contribution is 6.02. The first-order chi connectivity index (χ1) is 15.7. The van der Waals surface area contributed by atoms with Crippen LogP contribution in [0.5, 0.6) is 0 Å². The van der Waals surface area contributed by atoms with E-state index < -0.39 is 0 Å². The summed E-state index contributed by atoms with van der Waals surface area (Å²) in [6.07, 6.45) is 5.28. The van der Waals surface area contributed by atoms with Crippen LogP contribution in [-0.2, 0) is 4.74 Å². The van der Waals surface area contributed by atoms with E-state index in [0.29, 0.717) is 37.8 Å². The van der Waals surface area contributed by atoms with E-state index in [-0.39, 0.29) is 12.1 Å². The van der Waals surface area contributed by atoms with Gasteiger partial charge in [0.2, 0.25) is 0 Å². The summed E-state index contributed by atoms with van der Waals surface area (Å²) in [7, 11) is 1.40. The van der Waals surface area contributed by atoms with Crippen molar-refractivity contribution in [2.75, 3.05) is 66.8 Å². The quantitative estimate of drug-likeness (QED) is 0.731. The summed E-state index contributed by atoms with van der Waals surface area (Å²) in [5.74, 6) is 1.80. The van der Waals surface area contributed by atoms with Crippen LogP contribution in [-0.4, -0.2) is 78.4 Å². The monoisotopic (exact) mass is 440 g/mol. The molecule has 0 spiro atoms. The smallest absolute Gasteiger partial charge is 0.409 e. The minimum atomic E-state index is -0.310. The van der Waals surface area contributed by atoms with Crippen molar-refractivity contribution in [3.8, 4) is 0 Å². The fourth-order valence-corrected chi connectivity index (χ4v) is 3.88. The molecule has 0 saturated carbocycles. The molecular formula is C21H28N8O3. The van der Waals surface area contributed by atoms with Crippen LogP contribution in [0.4, 0.5) is 32.7 Å². The van der Waals surface area contributed by atoms with Gasteiger partial charge in [-0.1, -0.05) is 0 Å². The largest absolute Gasteiger partial charge is 0.453 e. The van der Waals surface area contributed by atoms with Crippen molar-refractivity contribution in [2.45, 2.75) is 19.3 Å². The number of hydrogen-bond donors (Lipinski definition) is 2. The summed E-state index contributed by atoms with van der Waals surface area (Å²) in [6, 6.07) is 5.29. The molecule has 170 valence electrons. The Labute approximate surface area is 186 Å². The molecule has 2 aliphatic rings. The van der Waals surface area contributed by atoms with E-state index in [1.54, 1.807) is 22.1 Å². The predicted octanol–water partition coefficient (Wildman–Crippen LogP) is 2.39. The number of methoxy groups -OCH3 is 1. The number of carbonyl (C=O) groups excluding carboxylic acids is 2. The normalized spacial score (nSPS) is 16.7. The Morgan fingerprint density at radius 1 is 1.06 bits per heavy atom. The lowest BCUT2D eigenvalue weighted by molar-refractivity contribution is 0.126. The van der Waals surface area contributed by atoms with Crippen LogP contribution in [0.15, 0.2) is 30.7 Å². The van der Waals surface area contributed by atoms with Gasteiger partial charge in [-0.15, -0.1) is 0 Å². The fourth-order valence-electron chi connectivity index (χ4n) is 3.88. The number of nitrogens with zero attached hydrogens (tertiary/aromatic N) is 6. The lowest BCUT2D eigenvalue weighted by atomic mass is 10.2. The highest BCUT2D eigenvalue weighted by Crippen LogP contribution is 2.30. The Balaban J connectivity index is 1.57. The van der Waals surface area contributed by atoms with Gasteiger partial charge in [-0.25, -0.2) is 24.5 Å². The summed E-state index contributed by atoms with van der Waals surface area (Å²) in [6.45, 7) is 3.98. The van der Waals surface area contributed by atoms with Gasteiger partial charge in [-0.05, 0) is 37.5 Å². The van der Waals surface area contributed by atoms with Gasteiger partial charge in [0, 0.05) is 45.5 Å². The molecular weight excluding hydrogens is 412 g/mol. The molecule has 2 N–H and O–H groups in total. The molecule has 0 radical (unpaired) electrons. The van der Waals surface area contributed by atoms with Gasteiger partial charge in [0.1, 0.15) is 18.0 Å². The standard InChI is InChI=1S/C21H28N8O3/c1-32-21(31)28-11-4-10-27(13-14-28)18-6-5-16-19(26-18)29(12-3-2-8-23-16)20(30)25-17-7-9-22-15-24-17/h5-7,9,15,23H,2-4,8,10-14H2,1H3,(H,22,24,25,30). The Morgan fingerprint density at radius 2 is 1.97 bits per heavy atom. The molecule has 0 aromatic carbocycles. The molecule has 0 aliphatic carbocycles. The number of carbonyl (C=O) groups is 2. The number of anilines is 4. The number of hydrogen-bond acceptors (Lipinski definition) is 8. The van der Waals surface area contributed by atoms with Crippen LogP contribution in [0.1, 0.15) is 19.3 Å². The number of ether oxygens (including phenoxy) is 1. The van der Waals surface area contributed by atoms with E-state index >= 15 is 0 Å². The molecule has 4 rings (SSSR count). The number of fused-ring (bicyclic) bond motifs is 1. The van der Waals surface area contributed by atoms with Crippen molar-refractivity contribution in [3.05, 3.63) is 30.7 Å². The molecule has 0 bridgehead atoms. The average molecular weight is 441 g/mol. The van der Waals surface area contributed by atoms with E-state index in [1.807, 2.05) is 12.1 Å². The van der Waals surface area contributed by atoms with Crippen LogP contribution in [0.25, 0.3) is 0 Å². The Morgan fingerprint density at radius 3 is 2.78 bits per heavy atom. The molecule has 4 heterocycles. The third-order valence-corrected chi connectivity index (χ3v) is 5.55. The number of amides is 3. The maximum Gasteiger partial charge on any atom is 0.409 e. The Bertz CT molecular complexity index is 942. The van der Waals surface area contributed by atoms with Crippen molar-refractivity contribution in [1.29, 1.82) is 0 Å². The molecule has 32 heavy (non-hydrogen) atoms. The first kappa shape index (κ1) is 21.6. The van der Waals surface area contributed by atoms with E-state index in [9.17, 15) is 9.59 Å². The van der Waals surface area contributed by atoms with E-state index in [1.165, 1.54) is 13.4 Å². The van der Waals surface area contributed by atoms with Gasteiger partial charge in [0.05, 0.1) is 12.8 Å². The van der Waals surface area contributed by atoms with Crippen molar-refractivity contribution >= 4 is 35.3 Å². The van der Waals surface area contributed by atoms with Crippen LogP contribution in [0.2, 0.25) is 0 Å². The highest BCUT2D eigenvalue weighted by atomic mass is 16.5. The van der Waals surface area contributed by atoms with Gasteiger partial charge in [0.15, 0.2) is 5.82 Å². The van der Waals surface area contributed by atoms with E-state index in [2.05, 4.69) is 25.5 Å². The third kappa shape index (κ3) is 4.98. The second kappa shape index (κ2) is 10.1. The van der Waals surface area contributed by atoms with Crippen molar-refractivity contribution < 1.29 is 14.3 Å². The lowest BCUT2D eigenvalue weighted by Gasteiger charge is -2.29. The molecule has 1 fully saturated rings. The zero-order valence-electron chi connectivity index (χ0n) is 18.2. The van der Waals surface area contributed by atoms with Crippen molar-refractivity contribution in [1.82, 2.24) is 19.9 Å². The second-order valence-electron chi connectivity index (χ2n) is 7.65. The van der Waals surface area contributed by atoms with Gasteiger partial charge < -0.3 is 19.9 Å². The Kier molecular flexibility index (Phi) is 6.83. The summed E-state index contributed by atoms with van der Waals surface area (Å²) in [4.78, 5) is 43.3. The fraction of sp³-hybridized carbons (Fsp3) is 0.476. The maximum atomic E-state index is 13.1. The number of rotatable bonds is 2. The molecule has 0 atom stereocenters. The average Bonchev–Trinajstić information content (AvgIpc) is 3.06. The number of aromatic nitrogens is 3. The van der Waals surface area contributed by atoms with Crippen molar-refractivity contribution in [3.63, 3.8) is 0 Å². The van der Waals surface area contributed by atoms with Crippen LogP contribution in [0, 0.1) is 0 Å². The zero-order valence-corrected chi connectivity index (χ0v) is 18.2. The van der Waals surface area contributed by atoms with Crippen LogP contribution >= 0.6 is 0 Å². The summed E-state index contributed by atoms with van der Waals surface area (Å²) < 4.78 is 4.86. The molecule has 11 nitrogen and oxygen atoms in total. The van der Waals surface area contributed by atoms with Gasteiger partial charge in [0.25, 0.3) is 0 Å². The third-order valence-electron chi connectivity index (χ3n) is 5.55. The molecule has 1 saturated heterocycles. The van der Waals surface area contributed by atoms with Crippen LogP contribution in [0.3, 0.4) is 0 Å². The summed E-state index contributed by atoms with van der Waals surface area (Å²) >= 11 is 0. The molecule has 11 heteroatoms. The topological polar surface area (TPSA) is 116 Å². The van der Waals surface area contributed by atoms with E-state index in [4.69, 9.17) is 9.72 Å². The minimum Gasteiger partial charge on any atom is -0.453 e. The highest BCUT2D eigenvalue weighted by Gasteiger charge is 2.25. The SMILES string of the molecule is COC(=O)N1CCCN(c2ccc3c(n2)N(C(=O)Nc2ccncn2)CCCCN3)CC1. The van der Waals surface area contributed by atoms with E-state index in [0.717, 1.165) is 43.9 Å². The minimum absolute atomic E-state index is 0.286. The molecule has 2 aromatic heterocycles. The number of pyridine rings is 1. The predicted molar refractivity (Wildman–Crippen MR) is 121 cm³/mol. The Hall–Kier alpha value is -3.63. The molecule has 2 aliphatic heterocycles. The summed E-state index contributed by atoms with van der Waals surface area (Å²) in [5.41, 5.74) is 0.817. The van der Waals surface area contributed by atoms with Crippen molar-refractivity contribution in [2.24, 2.45) is 0 Å². The molecule has 0 unspecified atom stereocenters. The summed E-state index contributed by atoms with van der Waals surface area (Å²) in [5, 5.41) is 6.22. The molecule has 3 amide bonds.